The summed E-state index contributed by atoms with van der Waals surface area (Å²) in [5.41, 5.74) is 3.79. The first-order valence-electron chi connectivity index (χ1n) is 7.18. The number of benzene rings is 1. The maximum Gasteiger partial charge on any atom is 0.121 e. The first-order chi connectivity index (χ1) is 9.82. The molecule has 0 radical (unpaired) electrons. The quantitative estimate of drug-likeness (QED) is 0.851. The van der Waals surface area contributed by atoms with Crippen molar-refractivity contribution in [1.82, 2.24) is 9.88 Å². The number of nitrogens with zero attached hydrogens (tertiary/aromatic N) is 1. The Bertz CT molecular complexity index is 647. The maximum atomic E-state index is 5.36. The fourth-order valence-corrected chi connectivity index (χ4v) is 3.49. The maximum absolute atomic E-state index is 5.36. The van der Waals surface area contributed by atoms with Gasteiger partial charge in [-0.05, 0) is 50.2 Å². The van der Waals surface area contributed by atoms with Crippen molar-refractivity contribution in [2.75, 3.05) is 25.5 Å². The molecule has 2 aliphatic heterocycles. The largest absolute Gasteiger partial charge is 0.497 e. The molecule has 1 spiro atoms. The molecule has 112 valence electrons. The van der Waals surface area contributed by atoms with Crippen molar-refractivity contribution in [3.63, 3.8) is 0 Å². The van der Waals surface area contributed by atoms with E-state index in [0.717, 1.165) is 37.4 Å². The first kappa shape index (κ1) is 14.3. The molecule has 2 aromatic rings. The summed E-state index contributed by atoms with van der Waals surface area (Å²) in [5, 5.41) is 7.24. The monoisotopic (exact) mass is 305 g/mol. The van der Waals surface area contributed by atoms with Gasteiger partial charge in [0.05, 0.1) is 24.0 Å². The number of piperidine rings is 1. The van der Waals surface area contributed by atoms with E-state index in [0.29, 0.717) is 0 Å². The van der Waals surface area contributed by atoms with Crippen molar-refractivity contribution in [2.24, 2.45) is 0 Å². The number of anilines is 1. The van der Waals surface area contributed by atoms with E-state index in [4.69, 9.17) is 4.74 Å². The third-order valence-corrected chi connectivity index (χ3v) is 4.53. The van der Waals surface area contributed by atoms with Gasteiger partial charge in [-0.2, -0.15) is 0 Å². The van der Waals surface area contributed by atoms with Crippen LogP contribution in [0.15, 0.2) is 36.5 Å². The van der Waals surface area contributed by atoms with Crippen LogP contribution in [0.5, 0.6) is 5.75 Å². The summed E-state index contributed by atoms with van der Waals surface area (Å²) >= 11 is 0. The molecule has 0 atom stereocenters. The Morgan fingerprint density at radius 3 is 2.76 bits per heavy atom. The van der Waals surface area contributed by atoms with Crippen LogP contribution in [0, 0.1) is 0 Å². The molecule has 1 fully saturated rings. The number of hydrogen-bond acceptors (Lipinski definition) is 3. The third-order valence-electron chi connectivity index (χ3n) is 4.53. The molecule has 5 heteroatoms. The lowest BCUT2D eigenvalue weighted by Gasteiger charge is -2.43. The Kier molecular flexibility index (Phi) is 3.59. The van der Waals surface area contributed by atoms with Crippen LogP contribution in [-0.4, -0.2) is 24.8 Å². The molecule has 4 rings (SSSR count). The number of aromatic nitrogens is 1. The summed E-state index contributed by atoms with van der Waals surface area (Å²) in [6.45, 7) is 2.11. The summed E-state index contributed by atoms with van der Waals surface area (Å²) in [5.74, 6) is 0.899. The lowest BCUT2D eigenvalue weighted by Crippen LogP contribution is -2.48. The average Bonchev–Trinajstić information content (AvgIpc) is 2.98. The Balaban J connectivity index is 0.00000132. The van der Waals surface area contributed by atoms with Crippen molar-refractivity contribution in [2.45, 2.75) is 18.4 Å². The molecular weight excluding hydrogens is 286 g/mol. The van der Waals surface area contributed by atoms with Crippen molar-refractivity contribution >= 4 is 18.1 Å². The lowest BCUT2D eigenvalue weighted by atomic mass is 9.83. The molecule has 0 amide bonds. The van der Waals surface area contributed by atoms with Crippen LogP contribution >= 0.6 is 12.4 Å². The van der Waals surface area contributed by atoms with E-state index in [9.17, 15) is 0 Å². The minimum atomic E-state index is 0. The van der Waals surface area contributed by atoms with Gasteiger partial charge in [0, 0.05) is 18.0 Å². The Morgan fingerprint density at radius 1 is 1.19 bits per heavy atom. The van der Waals surface area contributed by atoms with E-state index in [1.165, 1.54) is 11.4 Å². The number of rotatable bonds is 1. The molecule has 1 aromatic heterocycles. The van der Waals surface area contributed by atoms with Gasteiger partial charge in [0.1, 0.15) is 5.75 Å². The van der Waals surface area contributed by atoms with E-state index >= 15 is 0 Å². The number of halogens is 1. The Labute approximate surface area is 130 Å². The zero-order valence-electron chi connectivity index (χ0n) is 12.1. The highest BCUT2D eigenvalue weighted by molar-refractivity contribution is 5.85. The molecule has 1 saturated heterocycles. The summed E-state index contributed by atoms with van der Waals surface area (Å²) in [7, 11) is 1.71. The molecule has 2 N–H and O–H groups in total. The molecular formula is C16H20ClN3O. The van der Waals surface area contributed by atoms with E-state index in [1.54, 1.807) is 7.11 Å². The normalized spacial score (nSPS) is 18.1. The molecule has 4 nitrogen and oxygen atoms in total. The van der Waals surface area contributed by atoms with Crippen LogP contribution in [-0.2, 0) is 5.54 Å². The van der Waals surface area contributed by atoms with Crippen LogP contribution in [0.25, 0.3) is 5.69 Å². The van der Waals surface area contributed by atoms with Crippen molar-refractivity contribution in [3.8, 4) is 11.4 Å². The molecule has 0 bridgehead atoms. The highest BCUT2D eigenvalue weighted by Gasteiger charge is 2.39. The van der Waals surface area contributed by atoms with Gasteiger partial charge in [-0.25, -0.2) is 0 Å². The third kappa shape index (κ3) is 2.10. The molecule has 0 aliphatic carbocycles. The Hall–Kier alpha value is -1.65. The van der Waals surface area contributed by atoms with Gasteiger partial charge >= 0.3 is 0 Å². The molecule has 0 unspecified atom stereocenters. The van der Waals surface area contributed by atoms with E-state index < -0.39 is 0 Å². The van der Waals surface area contributed by atoms with Crippen LogP contribution in [0.4, 0.5) is 5.69 Å². The zero-order valence-corrected chi connectivity index (χ0v) is 12.9. The molecule has 1 aromatic carbocycles. The van der Waals surface area contributed by atoms with Crippen LogP contribution in [0.3, 0.4) is 0 Å². The Morgan fingerprint density at radius 2 is 2.00 bits per heavy atom. The van der Waals surface area contributed by atoms with Gasteiger partial charge in [-0.3, -0.25) is 0 Å². The van der Waals surface area contributed by atoms with Crippen LogP contribution in [0.1, 0.15) is 18.5 Å². The second-order valence-electron chi connectivity index (χ2n) is 5.60. The van der Waals surface area contributed by atoms with Gasteiger partial charge in [0.2, 0.25) is 0 Å². The van der Waals surface area contributed by atoms with E-state index in [2.05, 4.69) is 45.7 Å². The van der Waals surface area contributed by atoms with Gasteiger partial charge < -0.3 is 19.9 Å². The zero-order chi connectivity index (χ0) is 13.6. The molecule has 21 heavy (non-hydrogen) atoms. The molecule has 3 heterocycles. The molecule has 2 aliphatic rings. The van der Waals surface area contributed by atoms with Crippen molar-refractivity contribution < 1.29 is 4.74 Å². The predicted octanol–water partition coefficient (Wildman–Crippen LogP) is 2.91. The number of nitrogens with one attached hydrogen (secondary N) is 2. The van der Waals surface area contributed by atoms with Crippen molar-refractivity contribution in [1.29, 1.82) is 0 Å². The summed E-state index contributed by atoms with van der Waals surface area (Å²) < 4.78 is 7.68. The summed E-state index contributed by atoms with van der Waals surface area (Å²) in [4.78, 5) is 0. The van der Waals surface area contributed by atoms with Gasteiger partial charge in [-0.1, -0.05) is 0 Å². The SMILES string of the molecule is COc1ccc2c(c1)NC1(CCNCC1)c1cccn1-2.Cl. The van der Waals surface area contributed by atoms with Gasteiger partial charge in [0.15, 0.2) is 0 Å². The van der Waals surface area contributed by atoms with Crippen LogP contribution in [0.2, 0.25) is 0 Å². The number of hydrogen-bond donors (Lipinski definition) is 2. The minimum absolute atomic E-state index is 0. The highest BCUT2D eigenvalue weighted by atomic mass is 35.5. The highest BCUT2D eigenvalue weighted by Crippen LogP contribution is 2.43. The number of methoxy groups -OCH3 is 1. The lowest BCUT2D eigenvalue weighted by molar-refractivity contribution is 0.330. The summed E-state index contributed by atoms with van der Waals surface area (Å²) in [6, 6.07) is 10.6. The second-order valence-corrected chi connectivity index (χ2v) is 5.60. The van der Waals surface area contributed by atoms with Crippen molar-refractivity contribution in [3.05, 3.63) is 42.2 Å². The van der Waals surface area contributed by atoms with Gasteiger partial charge in [0.25, 0.3) is 0 Å². The number of fused-ring (bicyclic) bond motifs is 4. The summed E-state index contributed by atoms with van der Waals surface area (Å²) in [6.07, 6.45) is 4.37. The minimum Gasteiger partial charge on any atom is -0.497 e. The topological polar surface area (TPSA) is 38.2 Å². The smallest absolute Gasteiger partial charge is 0.121 e. The number of ether oxygens (including phenoxy) is 1. The second kappa shape index (κ2) is 5.28. The van der Waals surface area contributed by atoms with E-state index in [-0.39, 0.29) is 17.9 Å². The van der Waals surface area contributed by atoms with Gasteiger partial charge in [-0.15, -0.1) is 12.4 Å². The first-order valence-corrected chi connectivity index (χ1v) is 7.18. The van der Waals surface area contributed by atoms with Crippen LogP contribution < -0.4 is 15.4 Å². The van der Waals surface area contributed by atoms with E-state index in [1.807, 2.05) is 6.07 Å². The average molecular weight is 306 g/mol. The predicted molar refractivity (Wildman–Crippen MR) is 87.0 cm³/mol. The fraction of sp³-hybridized carbons (Fsp3) is 0.375. The standard InChI is InChI=1S/C16H19N3O.ClH/c1-20-12-4-5-14-13(11-12)18-16(6-8-17-9-7-16)15-3-2-10-19(14)15;/h2-5,10-11,17-18H,6-9H2,1H3;1H. The molecule has 0 saturated carbocycles. The fourth-order valence-electron chi connectivity index (χ4n) is 3.49.